The first-order valence-electron chi connectivity index (χ1n) is 6.20. The standard InChI is InChI=1S/C15H13ClN2O2S/c16-15-7-5-12(6-8-15)10-18-21(19,20)11-14-4-2-1-3-13(14)9-17/h1-8,18H,10-11H2. The van der Waals surface area contributed by atoms with E-state index >= 15 is 0 Å². The van der Waals surface area contributed by atoms with E-state index in [-0.39, 0.29) is 12.3 Å². The summed E-state index contributed by atoms with van der Waals surface area (Å²) in [4.78, 5) is 0. The van der Waals surface area contributed by atoms with Crippen LogP contribution in [0.2, 0.25) is 5.02 Å². The molecule has 0 saturated carbocycles. The molecule has 0 aliphatic rings. The van der Waals surface area contributed by atoms with E-state index in [0.29, 0.717) is 16.1 Å². The number of sulfonamides is 1. The third-order valence-electron chi connectivity index (χ3n) is 2.89. The smallest absolute Gasteiger partial charge is 0.212 e. The third-order valence-corrected chi connectivity index (χ3v) is 4.42. The molecule has 0 saturated heterocycles. The zero-order valence-corrected chi connectivity index (χ0v) is 12.7. The van der Waals surface area contributed by atoms with E-state index in [1.807, 2.05) is 6.07 Å². The summed E-state index contributed by atoms with van der Waals surface area (Å²) in [5.41, 5.74) is 1.68. The predicted molar refractivity (Wildman–Crippen MR) is 82.1 cm³/mol. The van der Waals surface area contributed by atoms with Crippen molar-refractivity contribution in [3.8, 4) is 6.07 Å². The van der Waals surface area contributed by atoms with Crippen molar-refractivity contribution in [3.05, 3.63) is 70.2 Å². The number of rotatable bonds is 5. The van der Waals surface area contributed by atoms with Crippen LogP contribution in [0.25, 0.3) is 0 Å². The van der Waals surface area contributed by atoms with Gasteiger partial charge in [0.25, 0.3) is 0 Å². The number of nitrogens with zero attached hydrogens (tertiary/aromatic N) is 1. The van der Waals surface area contributed by atoms with E-state index in [4.69, 9.17) is 16.9 Å². The van der Waals surface area contributed by atoms with Crippen LogP contribution in [-0.2, 0) is 22.3 Å². The zero-order chi connectivity index (χ0) is 15.3. The fourth-order valence-corrected chi connectivity index (χ4v) is 3.08. The Morgan fingerprint density at radius 1 is 1.10 bits per heavy atom. The maximum absolute atomic E-state index is 12.1. The molecule has 0 unspecified atom stereocenters. The van der Waals surface area contributed by atoms with E-state index in [2.05, 4.69) is 4.72 Å². The van der Waals surface area contributed by atoms with Crippen molar-refractivity contribution in [3.63, 3.8) is 0 Å². The molecule has 0 radical (unpaired) electrons. The lowest BCUT2D eigenvalue weighted by molar-refractivity contribution is 0.580. The number of hydrogen-bond donors (Lipinski definition) is 1. The van der Waals surface area contributed by atoms with Gasteiger partial charge in [0.15, 0.2) is 0 Å². The van der Waals surface area contributed by atoms with Gasteiger partial charge >= 0.3 is 0 Å². The minimum Gasteiger partial charge on any atom is -0.212 e. The molecule has 0 atom stereocenters. The molecule has 0 aliphatic heterocycles. The number of nitriles is 1. The van der Waals surface area contributed by atoms with E-state index in [9.17, 15) is 8.42 Å². The van der Waals surface area contributed by atoms with Crippen LogP contribution in [0.5, 0.6) is 0 Å². The summed E-state index contributed by atoms with van der Waals surface area (Å²) in [7, 11) is -3.51. The molecule has 0 heterocycles. The van der Waals surface area contributed by atoms with Gasteiger partial charge in [-0.15, -0.1) is 0 Å². The molecule has 0 bridgehead atoms. The van der Waals surface area contributed by atoms with Crippen molar-refractivity contribution in [2.45, 2.75) is 12.3 Å². The number of benzene rings is 2. The summed E-state index contributed by atoms with van der Waals surface area (Å²) in [5, 5.41) is 9.57. The molecule has 0 amide bonds. The zero-order valence-electron chi connectivity index (χ0n) is 11.1. The minimum absolute atomic E-state index is 0.189. The molecule has 4 nitrogen and oxygen atoms in total. The largest absolute Gasteiger partial charge is 0.216 e. The first-order valence-corrected chi connectivity index (χ1v) is 8.23. The summed E-state index contributed by atoms with van der Waals surface area (Å²) in [6, 6.07) is 15.6. The van der Waals surface area contributed by atoms with Crippen molar-refractivity contribution in [1.29, 1.82) is 5.26 Å². The fourth-order valence-electron chi connectivity index (χ4n) is 1.81. The van der Waals surface area contributed by atoms with Gasteiger partial charge in [0.2, 0.25) is 10.0 Å². The van der Waals surface area contributed by atoms with Crippen LogP contribution in [0.4, 0.5) is 0 Å². The Kier molecular flexibility index (Phi) is 4.97. The van der Waals surface area contributed by atoms with Crippen molar-refractivity contribution in [2.75, 3.05) is 0 Å². The van der Waals surface area contributed by atoms with Crippen molar-refractivity contribution < 1.29 is 8.42 Å². The molecule has 2 aromatic rings. The second kappa shape index (κ2) is 6.72. The normalized spacial score (nSPS) is 11.0. The molecule has 21 heavy (non-hydrogen) atoms. The molecule has 6 heteroatoms. The summed E-state index contributed by atoms with van der Waals surface area (Å²) < 4.78 is 26.6. The van der Waals surface area contributed by atoms with Gasteiger partial charge in [-0.25, -0.2) is 13.1 Å². The Morgan fingerprint density at radius 2 is 1.76 bits per heavy atom. The Labute approximate surface area is 129 Å². The summed E-state index contributed by atoms with van der Waals surface area (Å²) in [6.45, 7) is 0.189. The van der Waals surface area contributed by atoms with Crippen LogP contribution in [0.3, 0.4) is 0 Å². The molecule has 0 aromatic heterocycles. The maximum atomic E-state index is 12.1. The van der Waals surface area contributed by atoms with Gasteiger partial charge in [-0.2, -0.15) is 5.26 Å². The van der Waals surface area contributed by atoms with Crippen LogP contribution in [0.15, 0.2) is 48.5 Å². The Hall–Kier alpha value is -1.87. The Balaban J connectivity index is 2.05. The molecule has 0 spiro atoms. The molecule has 2 rings (SSSR count). The molecule has 0 fully saturated rings. The summed E-state index contributed by atoms with van der Waals surface area (Å²) >= 11 is 5.77. The first-order chi connectivity index (χ1) is 10.00. The highest BCUT2D eigenvalue weighted by molar-refractivity contribution is 7.88. The summed E-state index contributed by atoms with van der Waals surface area (Å²) in [6.07, 6.45) is 0. The second-order valence-electron chi connectivity index (χ2n) is 4.48. The van der Waals surface area contributed by atoms with Crippen LogP contribution in [0, 0.1) is 11.3 Å². The highest BCUT2D eigenvalue weighted by Gasteiger charge is 2.13. The lowest BCUT2D eigenvalue weighted by Gasteiger charge is -2.08. The Morgan fingerprint density at radius 3 is 2.43 bits per heavy atom. The molecule has 0 aliphatic carbocycles. The van der Waals surface area contributed by atoms with E-state index < -0.39 is 10.0 Å². The van der Waals surface area contributed by atoms with Gasteiger partial charge in [-0.3, -0.25) is 0 Å². The van der Waals surface area contributed by atoms with Gasteiger partial charge in [0.05, 0.1) is 17.4 Å². The summed E-state index contributed by atoms with van der Waals surface area (Å²) in [5.74, 6) is -0.218. The lowest BCUT2D eigenvalue weighted by Crippen LogP contribution is -2.25. The highest BCUT2D eigenvalue weighted by atomic mass is 35.5. The van der Waals surface area contributed by atoms with Crippen molar-refractivity contribution >= 4 is 21.6 Å². The molecular formula is C15H13ClN2O2S. The maximum Gasteiger partial charge on any atom is 0.216 e. The number of halogens is 1. The van der Waals surface area contributed by atoms with Crippen LogP contribution in [-0.4, -0.2) is 8.42 Å². The van der Waals surface area contributed by atoms with Gasteiger partial charge in [0.1, 0.15) is 0 Å². The Bertz CT molecular complexity index is 765. The van der Waals surface area contributed by atoms with Gasteiger partial charge in [-0.1, -0.05) is 41.9 Å². The quantitative estimate of drug-likeness (QED) is 0.921. The average molecular weight is 321 g/mol. The molecular weight excluding hydrogens is 308 g/mol. The lowest BCUT2D eigenvalue weighted by atomic mass is 10.1. The highest BCUT2D eigenvalue weighted by Crippen LogP contribution is 2.12. The van der Waals surface area contributed by atoms with Crippen LogP contribution < -0.4 is 4.72 Å². The monoisotopic (exact) mass is 320 g/mol. The fraction of sp³-hybridized carbons (Fsp3) is 0.133. The second-order valence-corrected chi connectivity index (χ2v) is 6.72. The molecule has 108 valence electrons. The molecule has 1 N–H and O–H groups in total. The van der Waals surface area contributed by atoms with Gasteiger partial charge in [0, 0.05) is 11.6 Å². The van der Waals surface area contributed by atoms with Crippen molar-refractivity contribution in [2.24, 2.45) is 0 Å². The average Bonchev–Trinajstić information content (AvgIpc) is 2.47. The van der Waals surface area contributed by atoms with Crippen LogP contribution in [0.1, 0.15) is 16.7 Å². The third kappa shape index (κ3) is 4.57. The minimum atomic E-state index is -3.51. The number of nitrogens with one attached hydrogen (secondary N) is 1. The van der Waals surface area contributed by atoms with Crippen LogP contribution >= 0.6 is 11.6 Å². The van der Waals surface area contributed by atoms with E-state index in [1.165, 1.54) is 0 Å². The van der Waals surface area contributed by atoms with E-state index in [0.717, 1.165) is 5.56 Å². The predicted octanol–water partition coefficient (Wildman–Crippen LogP) is 2.83. The van der Waals surface area contributed by atoms with Crippen molar-refractivity contribution in [1.82, 2.24) is 4.72 Å². The van der Waals surface area contributed by atoms with Gasteiger partial charge < -0.3 is 0 Å². The molecule has 2 aromatic carbocycles. The SMILES string of the molecule is N#Cc1ccccc1CS(=O)(=O)NCc1ccc(Cl)cc1. The van der Waals surface area contributed by atoms with E-state index in [1.54, 1.807) is 48.5 Å². The number of hydrogen-bond acceptors (Lipinski definition) is 3. The van der Waals surface area contributed by atoms with Gasteiger partial charge in [-0.05, 0) is 29.3 Å². The first kappa shape index (κ1) is 15.5. The topological polar surface area (TPSA) is 70.0 Å².